The molecule has 4 atom stereocenters. The topological polar surface area (TPSA) is 73.2 Å². The molecule has 0 amide bonds. The molecule has 0 spiro atoms. The molecule has 2 fully saturated rings. The van der Waals surface area contributed by atoms with Crippen molar-refractivity contribution in [3.8, 4) is 11.5 Å². The van der Waals surface area contributed by atoms with E-state index in [4.69, 9.17) is 9.84 Å². The first-order valence-corrected chi connectivity index (χ1v) is 13.6. The van der Waals surface area contributed by atoms with Gasteiger partial charge in [-0.2, -0.15) is 0 Å². The van der Waals surface area contributed by atoms with Crippen LogP contribution in [0.2, 0.25) is 0 Å². The molecule has 5 nitrogen and oxygen atoms in total. The summed E-state index contributed by atoms with van der Waals surface area (Å²) in [7, 11) is 1.78. The predicted molar refractivity (Wildman–Crippen MR) is 144 cm³/mol. The summed E-state index contributed by atoms with van der Waals surface area (Å²) in [4.78, 5) is 2.66. The lowest BCUT2D eigenvalue weighted by Gasteiger charge is -2.55. The third kappa shape index (κ3) is 5.71. The van der Waals surface area contributed by atoms with Gasteiger partial charge < -0.3 is 20.1 Å². The van der Waals surface area contributed by atoms with Crippen molar-refractivity contribution >= 4 is 0 Å². The summed E-state index contributed by atoms with van der Waals surface area (Å²) in [5.41, 5.74) is 3.93. The minimum atomic E-state index is -0.271. The standard InChI is InChI=1S/C24H35NO3.C7H7FO/c1-5-18-8-9-20(26)23(27)22(18)24-10-11-25(14-17-6-7-17)16(3)19(24)12-15(2)21(13-24)28-4;8-7-3-1-6(5-9)2-4-7/h8-9,12,16-17,19,21,26-27H,5-7,10-11,13-14H2,1-4H3;1-4,9H,5H2. The van der Waals surface area contributed by atoms with Crippen LogP contribution in [0.1, 0.15) is 63.1 Å². The lowest BCUT2D eigenvalue weighted by molar-refractivity contribution is 0.00525. The average Bonchev–Trinajstić information content (AvgIpc) is 3.72. The minimum Gasteiger partial charge on any atom is -0.504 e. The Morgan fingerprint density at radius 2 is 1.81 bits per heavy atom. The molecule has 37 heavy (non-hydrogen) atoms. The molecular weight excluding hydrogens is 469 g/mol. The number of halogens is 1. The van der Waals surface area contributed by atoms with E-state index in [2.05, 4.69) is 31.7 Å². The van der Waals surface area contributed by atoms with Gasteiger partial charge in [-0.1, -0.05) is 31.2 Å². The number of phenolic OH excluding ortho intramolecular Hbond substituents is 2. The van der Waals surface area contributed by atoms with Gasteiger partial charge in [-0.3, -0.25) is 4.90 Å². The Hall–Kier alpha value is -2.41. The number of nitrogens with zero attached hydrogens (tertiary/aromatic N) is 1. The van der Waals surface area contributed by atoms with E-state index in [0.717, 1.165) is 48.4 Å². The first kappa shape index (κ1) is 27.6. The molecule has 1 aliphatic heterocycles. The molecule has 6 heteroatoms. The highest BCUT2D eigenvalue weighted by atomic mass is 19.1. The number of piperidine rings is 1. The molecule has 2 aromatic rings. The van der Waals surface area contributed by atoms with E-state index in [1.54, 1.807) is 25.3 Å². The number of aliphatic hydroxyl groups excluding tert-OH is 1. The van der Waals surface area contributed by atoms with Gasteiger partial charge in [0.05, 0.1) is 12.7 Å². The Bertz CT molecular complexity index is 1100. The van der Waals surface area contributed by atoms with Crippen LogP contribution in [0.15, 0.2) is 48.0 Å². The molecule has 3 aliphatic rings. The first-order chi connectivity index (χ1) is 17.7. The molecule has 5 rings (SSSR count). The van der Waals surface area contributed by atoms with E-state index in [9.17, 15) is 14.6 Å². The highest BCUT2D eigenvalue weighted by molar-refractivity contribution is 5.55. The van der Waals surface area contributed by atoms with Gasteiger partial charge in [0.15, 0.2) is 11.5 Å². The number of fused-ring (bicyclic) bond motifs is 1. The monoisotopic (exact) mass is 511 g/mol. The number of rotatable bonds is 6. The van der Waals surface area contributed by atoms with Crippen LogP contribution in [0.5, 0.6) is 11.5 Å². The predicted octanol–water partition coefficient (Wildman–Crippen LogP) is 5.70. The van der Waals surface area contributed by atoms with Gasteiger partial charge in [-0.15, -0.1) is 0 Å². The summed E-state index contributed by atoms with van der Waals surface area (Å²) in [6.45, 7) is 8.86. The summed E-state index contributed by atoms with van der Waals surface area (Å²) in [5.74, 6) is 0.982. The van der Waals surface area contributed by atoms with Gasteiger partial charge in [0.1, 0.15) is 5.82 Å². The lowest BCUT2D eigenvalue weighted by Crippen LogP contribution is -2.57. The van der Waals surface area contributed by atoms with E-state index in [1.807, 2.05) is 6.07 Å². The van der Waals surface area contributed by atoms with E-state index in [0.29, 0.717) is 12.0 Å². The van der Waals surface area contributed by atoms with Crippen molar-refractivity contribution in [2.24, 2.45) is 11.8 Å². The van der Waals surface area contributed by atoms with E-state index < -0.39 is 0 Å². The number of aliphatic hydroxyl groups is 1. The van der Waals surface area contributed by atoms with Crippen LogP contribution in [0.4, 0.5) is 4.39 Å². The normalized spacial score (nSPS) is 27.6. The van der Waals surface area contributed by atoms with Crippen LogP contribution < -0.4 is 0 Å². The fourth-order valence-electron chi connectivity index (χ4n) is 6.44. The van der Waals surface area contributed by atoms with E-state index in [-0.39, 0.29) is 35.4 Å². The third-order valence-electron chi connectivity index (χ3n) is 8.77. The molecule has 4 unspecified atom stereocenters. The molecule has 0 aromatic heterocycles. The van der Waals surface area contributed by atoms with Gasteiger partial charge in [0.25, 0.3) is 0 Å². The Labute approximate surface area is 220 Å². The quantitative estimate of drug-likeness (QED) is 0.343. The van der Waals surface area contributed by atoms with Gasteiger partial charge in [0, 0.05) is 36.6 Å². The molecular formula is C31H42FNO4. The van der Waals surface area contributed by atoms with Gasteiger partial charge in [0.2, 0.25) is 0 Å². The van der Waals surface area contributed by atoms with Crippen molar-refractivity contribution in [2.75, 3.05) is 20.2 Å². The third-order valence-corrected chi connectivity index (χ3v) is 8.77. The number of ether oxygens (including phenoxy) is 1. The van der Waals surface area contributed by atoms with Crippen LogP contribution in [0.3, 0.4) is 0 Å². The Morgan fingerprint density at radius 3 is 2.41 bits per heavy atom. The fraction of sp³-hybridized carbons (Fsp3) is 0.548. The summed E-state index contributed by atoms with van der Waals surface area (Å²) < 4.78 is 18.0. The highest BCUT2D eigenvalue weighted by Gasteiger charge is 2.53. The zero-order valence-electron chi connectivity index (χ0n) is 22.6. The largest absolute Gasteiger partial charge is 0.504 e. The van der Waals surface area contributed by atoms with Crippen LogP contribution in [0.25, 0.3) is 0 Å². The zero-order chi connectivity index (χ0) is 26.7. The summed E-state index contributed by atoms with van der Waals surface area (Å²) in [6, 6.07) is 9.78. The lowest BCUT2D eigenvalue weighted by atomic mass is 9.56. The number of hydrogen-bond acceptors (Lipinski definition) is 5. The number of likely N-dealkylation sites (tertiary alicyclic amines) is 1. The van der Waals surface area contributed by atoms with Crippen molar-refractivity contribution < 1.29 is 24.4 Å². The van der Waals surface area contributed by atoms with Crippen molar-refractivity contribution in [1.82, 2.24) is 4.90 Å². The maximum absolute atomic E-state index is 12.1. The second-order valence-electron chi connectivity index (χ2n) is 11.1. The molecule has 0 radical (unpaired) electrons. The number of methoxy groups -OCH3 is 1. The molecule has 3 N–H and O–H groups in total. The first-order valence-electron chi connectivity index (χ1n) is 13.6. The molecule has 0 bridgehead atoms. The Morgan fingerprint density at radius 1 is 1.11 bits per heavy atom. The fourth-order valence-corrected chi connectivity index (χ4v) is 6.44. The highest BCUT2D eigenvalue weighted by Crippen LogP contribution is 2.55. The smallest absolute Gasteiger partial charge is 0.161 e. The number of phenols is 2. The molecule has 2 aromatic carbocycles. The van der Waals surface area contributed by atoms with Crippen LogP contribution in [-0.4, -0.2) is 52.6 Å². The summed E-state index contributed by atoms with van der Waals surface area (Å²) in [6.07, 6.45) is 7.90. The van der Waals surface area contributed by atoms with Gasteiger partial charge >= 0.3 is 0 Å². The maximum atomic E-state index is 12.1. The minimum absolute atomic E-state index is 0.00590. The van der Waals surface area contributed by atoms with E-state index >= 15 is 0 Å². The molecule has 202 valence electrons. The number of benzene rings is 2. The molecule has 2 aliphatic carbocycles. The van der Waals surface area contributed by atoms with Crippen LogP contribution in [-0.2, 0) is 23.2 Å². The second-order valence-corrected chi connectivity index (χ2v) is 11.1. The SMILES string of the molecule is CCc1ccc(O)c(O)c1C12CCN(CC3CC3)C(C)C1C=C(C)C(OC)C2.OCc1ccc(F)cc1. The Kier molecular flexibility index (Phi) is 8.62. The number of aromatic hydroxyl groups is 2. The summed E-state index contributed by atoms with van der Waals surface area (Å²) in [5, 5.41) is 29.9. The molecule has 1 heterocycles. The van der Waals surface area contributed by atoms with Crippen LogP contribution in [0, 0.1) is 17.7 Å². The average molecular weight is 512 g/mol. The molecule has 1 saturated carbocycles. The van der Waals surface area contributed by atoms with Crippen molar-refractivity contribution in [3.63, 3.8) is 0 Å². The van der Waals surface area contributed by atoms with Gasteiger partial charge in [-0.05, 0) is 93.3 Å². The van der Waals surface area contributed by atoms with Crippen molar-refractivity contribution in [1.29, 1.82) is 0 Å². The summed E-state index contributed by atoms with van der Waals surface area (Å²) >= 11 is 0. The van der Waals surface area contributed by atoms with Crippen LogP contribution >= 0.6 is 0 Å². The van der Waals surface area contributed by atoms with E-state index in [1.165, 1.54) is 37.1 Å². The number of hydrogen-bond donors (Lipinski definition) is 3. The molecule has 1 saturated heterocycles. The maximum Gasteiger partial charge on any atom is 0.161 e. The Balaban J connectivity index is 0.000000301. The number of aryl methyl sites for hydroxylation is 1. The van der Waals surface area contributed by atoms with Crippen molar-refractivity contribution in [2.45, 2.75) is 77.0 Å². The zero-order valence-corrected chi connectivity index (χ0v) is 22.6. The second kappa shape index (κ2) is 11.5. The van der Waals surface area contributed by atoms with Crippen molar-refractivity contribution in [3.05, 3.63) is 70.6 Å². The van der Waals surface area contributed by atoms with Gasteiger partial charge in [-0.25, -0.2) is 4.39 Å².